The third-order valence-electron chi connectivity index (χ3n) is 3.16. The summed E-state index contributed by atoms with van der Waals surface area (Å²) < 4.78 is 11.1. The molecule has 0 unspecified atom stereocenters. The van der Waals surface area contributed by atoms with Crippen LogP contribution in [0.5, 0.6) is 11.5 Å². The molecule has 2 N–H and O–H groups in total. The Bertz CT molecular complexity index is 389. The molecule has 80 valence electrons. The van der Waals surface area contributed by atoms with Crippen molar-refractivity contribution in [3.05, 3.63) is 23.3 Å². The highest BCUT2D eigenvalue weighted by atomic mass is 16.6. The molecule has 0 saturated heterocycles. The summed E-state index contributed by atoms with van der Waals surface area (Å²) in [6.45, 7) is 1.29. The summed E-state index contributed by atoms with van der Waals surface area (Å²) >= 11 is 0. The molecule has 3 nitrogen and oxygen atoms in total. The lowest BCUT2D eigenvalue weighted by atomic mass is 9.88. The number of hydrogen-bond acceptors (Lipinski definition) is 3. The third kappa shape index (κ3) is 1.47. The van der Waals surface area contributed by atoms with Crippen LogP contribution in [0.4, 0.5) is 0 Å². The Morgan fingerprint density at radius 1 is 1.13 bits per heavy atom. The second-order valence-corrected chi connectivity index (χ2v) is 4.19. The van der Waals surface area contributed by atoms with Gasteiger partial charge < -0.3 is 15.2 Å². The summed E-state index contributed by atoms with van der Waals surface area (Å²) in [4.78, 5) is 0. The normalized spacial score (nSPS) is 23.4. The molecule has 0 saturated carbocycles. The first-order valence-electron chi connectivity index (χ1n) is 5.52. The maximum absolute atomic E-state index is 6.08. The molecule has 1 heterocycles. The van der Waals surface area contributed by atoms with E-state index in [0.717, 1.165) is 24.3 Å². The average molecular weight is 205 g/mol. The van der Waals surface area contributed by atoms with Gasteiger partial charge in [-0.15, -0.1) is 0 Å². The molecule has 0 spiro atoms. The summed E-state index contributed by atoms with van der Waals surface area (Å²) in [5, 5.41) is 0. The van der Waals surface area contributed by atoms with Gasteiger partial charge in [0.2, 0.25) is 0 Å². The highest BCUT2D eigenvalue weighted by molar-refractivity contribution is 5.49. The van der Waals surface area contributed by atoms with Gasteiger partial charge in [0, 0.05) is 6.04 Å². The zero-order valence-corrected chi connectivity index (χ0v) is 8.66. The van der Waals surface area contributed by atoms with E-state index in [1.54, 1.807) is 0 Å². The standard InChI is InChI=1S/C12H15NO2/c13-10-3-1-2-8-6-11-12(7-9(8)10)15-5-4-14-11/h6-7,10H,1-5,13H2/t10-/m0/s1. The smallest absolute Gasteiger partial charge is 0.161 e. The average Bonchev–Trinajstić information content (AvgIpc) is 2.27. The Hall–Kier alpha value is -1.22. The van der Waals surface area contributed by atoms with Crippen molar-refractivity contribution >= 4 is 0 Å². The summed E-state index contributed by atoms with van der Waals surface area (Å²) in [5.74, 6) is 1.74. The van der Waals surface area contributed by atoms with Gasteiger partial charge in [0.1, 0.15) is 13.2 Å². The van der Waals surface area contributed by atoms with Gasteiger partial charge in [-0.3, -0.25) is 0 Å². The first-order chi connectivity index (χ1) is 7.34. The van der Waals surface area contributed by atoms with Crippen molar-refractivity contribution in [3.8, 4) is 11.5 Å². The number of rotatable bonds is 0. The molecular formula is C12H15NO2. The Labute approximate surface area is 89.2 Å². The van der Waals surface area contributed by atoms with E-state index >= 15 is 0 Å². The number of ether oxygens (including phenoxy) is 2. The van der Waals surface area contributed by atoms with Crippen LogP contribution in [0.2, 0.25) is 0 Å². The van der Waals surface area contributed by atoms with Gasteiger partial charge in [0.05, 0.1) is 0 Å². The van der Waals surface area contributed by atoms with Crippen LogP contribution in [0.25, 0.3) is 0 Å². The lowest BCUT2D eigenvalue weighted by Crippen LogP contribution is -2.20. The van der Waals surface area contributed by atoms with Crippen LogP contribution in [0.3, 0.4) is 0 Å². The second kappa shape index (κ2) is 3.42. The SMILES string of the molecule is N[C@H]1CCCc2cc3c(cc21)OCCO3. The van der Waals surface area contributed by atoms with Crippen LogP contribution in [0, 0.1) is 0 Å². The van der Waals surface area contributed by atoms with Crippen molar-refractivity contribution in [2.45, 2.75) is 25.3 Å². The minimum absolute atomic E-state index is 0.171. The maximum Gasteiger partial charge on any atom is 0.161 e. The first kappa shape index (κ1) is 9.04. The molecule has 0 radical (unpaired) electrons. The molecule has 1 aliphatic carbocycles. The molecule has 3 rings (SSSR count). The quantitative estimate of drug-likeness (QED) is 0.702. The summed E-state index contributed by atoms with van der Waals surface area (Å²) in [6.07, 6.45) is 3.36. The Morgan fingerprint density at radius 2 is 1.87 bits per heavy atom. The van der Waals surface area contributed by atoms with Crippen LogP contribution < -0.4 is 15.2 Å². The fraction of sp³-hybridized carbons (Fsp3) is 0.500. The van der Waals surface area contributed by atoms with Crippen molar-refractivity contribution in [1.29, 1.82) is 0 Å². The van der Waals surface area contributed by atoms with Crippen molar-refractivity contribution in [2.75, 3.05) is 13.2 Å². The number of hydrogen-bond donors (Lipinski definition) is 1. The van der Waals surface area contributed by atoms with E-state index in [9.17, 15) is 0 Å². The van der Waals surface area contributed by atoms with Gasteiger partial charge in [-0.2, -0.15) is 0 Å². The molecule has 0 fully saturated rings. The molecule has 3 heteroatoms. The lowest BCUT2D eigenvalue weighted by molar-refractivity contribution is 0.171. The van der Waals surface area contributed by atoms with Crippen molar-refractivity contribution in [2.24, 2.45) is 5.73 Å². The number of nitrogens with two attached hydrogens (primary N) is 1. The third-order valence-corrected chi connectivity index (χ3v) is 3.16. The zero-order chi connectivity index (χ0) is 10.3. The van der Waals surface area contributed by atoms with Gasteiger partial charge >= 0.3 is 0 Å². The fourth-order valence-electron chi connectivity index (χ4n) is 2.38. The second-order valence-electron chi connectivity index (χ2n) is 4.19. The van der Waals surface area contributed by atoms with Gasteiger partial charge in [-0.25, -0.2) is 0 Å². The predicted octanol–water partition coefficient (Wildman–Crippen LogP) is 1.79. The molecule has 1 aromatic carbocycles. The van der Waals surface area contributed by atoms with Gasteiger partial charge in [-0.05, 0) is 42.5 Å². The van der Waals surface area contributed by atoms with E-state index < -0.39 is 0 Å². The lowest BCUT2D eigenvalue weighted by Gasteiger charge is -2.26. The number of fused-ring (bicyclic) bond motifs is 2. The Kier molecular flexibility index (Phi) is 2.06. The molecule has 15 heavy (non-hydrogen) atoms. The number of aryl methyl sites for hydroxylation is 1. The molecule has 1 aromatic rings. The molecule has 1 atom stereocenters. The van der Waals surface area contributed by atoms with Crippen molar-refractivity contribution in [1.82, 2.24) is 0 Å². The molecule has 1 aliphatic heterocycles. The highest BCUT2D eigenvalue weighted by Gasteiger charge is 2.21. The van der Waals surface area contributed by atoms with Gasteiger partial charge in [0.25, 0.3) is 0 Å². The largest absolute Gasteiger partial charge is 0.486 e. The summed E-state index contributed by atoms with van der Waals surface area (Å²) in [7, 11) is 0. The maximum atomic E-state index is 6.08. The van der Waals surface area contributed by atoms with E-state index in [-0.39, 0.29) is 6.04 Å². The van der Waals surface area contributed by atoms with Crippen LogP contribution in [-0.4, -0.2) is 13.2 Å². The van der Waals surface area contributed by atoms with Crippen molar-refractivity contribution in [3.63, 3.8) is 0 Å². The minimum Gasteiger partial charge on any atom is -0.486 e. The molecule has 0 amide bonds. The van der Waals surface area contributed by atoms with Crippen LogP contribution in [0.15, 0.2) is 12.1 Å². The van der Waals surface area contributed by atoms with E-state index in [0.29, 0.717) is 13.2 Å². The first-order valence-corrected chi connectivity index (χ1v) is 5.52. The van der Waals surface area contributed by atoms with Gasteiger partial charge in [-0.1, -0.05) is 0 Å². The molecule has 2 aliphatic rings. The zero-order valence-electron chi connectivity index (χ0n) is 8.66. The predicted molar refractivity (Wildman–Crippen MR) is 57.3 cm³/mol. The van der Waals surface area contributed by atoms with Crippen LogP contribution in [0.1, 0.15) is 30.0 Å². The molecular weight excluding hydrogens is 190 g/mol. The summed E-state index contributed by atoms with van der Waals surface area (Å²) in [5.41, 5.74) is 8.66. The van der Waals surface area contributed by atoms with Crippen LogP contribution in [-0.2, 0) is 6.42 Å². The van der Waals surface area contributed by atoms with E-state index in [1.165, 1.54) is 17.5 Å². The molecule has 0 bridgehead atoms. The topological polar surface area (TPSA) is 44.5 Å². The fourth-order valence-corrected chi connectivity index (χ4v) is 2.38. The van der Waals surface area contributed by atoms with Crippen LogP contribution >= 0.6 is 0 Å². The number of benzene rings is 1. The highest BCUT2D eigenvalue weighted by Crippen LogP contribution is 2.38. The Balaban J connectivity index is 2.08. The van der Waals surface area contributed by atoms with Gasteiger partial charge in [0.15, 0.2) is 11.5 Å². The van der Waals surface area contributed by atoms with E-state index in [1.807, 2.05) is 0 Å². The van der Waals surface area contributed by atoms with E-state index in [2.05, 4.69) is 12.1 Å². The van der Waals surface area contributed by atoms with E-state index in [4.69, 9.17) is 15.2 Å². The summed E-state index contributed by atoms with van der Waals surface area (Å²) in [6, 6.07) is 4.33. The molecule has 0 aromatic heterocycles. The Morgan fingerprint density at radius 3 is 2.67 bits per heavy atom. The monoisotopic (exact) mass is 205 g/mol. The van der Waals surface area contributed by atoms with Crippen molar-refractivity contribution < 1.29 is 9.47 Å². The minimum atomic E-state index is 0.171.